The Kier molecular flexibility index (Phi) is 4.62. The average Bonchev–Trinajstić information content (AvgIpc) is 2.81. The van der Waals surface area contributed by atoms with Gasteiger partial charge in [0, 0.05) is 25.5 Å². The maximum Gasteiger partial charge on any atom is 0.247 e. The Morgan fingerprint density at radius 1 is 1.55 bits per heavy atom. The number of hydrogen-bond donors (Lipinski definition) is 2. The van der Waals surface area contributed by atoms with E-state index < -0.39 is 10.0 Å². The average molecular weight is 299 g/mol. The van der Waals surface area contributed by atoms with Crippen molar-refractivity contribution in [1.82, 2.24) is 9.29 Å². The first-order valence-corrected chi connectivity index (χ1v) is 8.27. The predicted molar refractivity (Wildman–Crippen MR) is 76.9 cm³/mol. The molecule has 1 aliphatic rings. The Morgan fingerprint density at radius 3 is 2.95 bits per heavy atom. The fraction of sp³-hybridized carbons (Fsp3) is 0.615. The lowest BCUT2D eigenvalue weighted by Crippen LogP contribution is -2.40. The van der Waals surface area contributed by atoms with Crippen molar-refractivity contribution < 1.29 is 13.5 Å². The third-order valence-corrected chi connectivity index (χ3v) is 5.71. The van der Waals surface area contributed by atoms with Gasteiger partial charge in [0.1, 0.15) is 4.90 Å². The van der Waals surface area contributed by atoms with Gasteiger partial charge in [-0.2, -0.15) is 4.31 Å². The van der Waals surface area contributed by atoms with Crippen LogP contribution in [0, 0.1) is 5.92 Å². The molecule has 2 N–H and O–H groups in total. The molecule has 2 heterocycles. The fourth-order valence-electron chi connectivity index (χ4n) is 2.59. The molecule has 2 unspecified atom stereocenters. The number of aliphatic hydroxyl groups is 1. The van der Waals surface area contributed by atoms with Gasteiger partial charge in [-0.1, -0.05) is 6.92 Å². The molecule has 2 atom stereocenters. The first-order chi connectivity index (χ1) is 9.52. The summed E-state index contributed by atoms with van der Waals surface area (Å²) in [5.41, 5.74) is 0.554. The molecule has 1 fully saturated rings. The van der Waals surface area contributed by atoms with Gasteiger partial charge in [-0.05, 0) is 25.3 Å². The number of rotatable bonds is 5. The number of nitrogens with zero attached hydrogens (tertiary/aromatic N) is 2. The van der Waals surface area contributed by atoms with Crippen molar-refractivity contribution in [2.75, 3.05) is 25.0 Å². The van der Waals surface area contributed by atoms with Crippen LogP contribution in [0.15, 0.2) is 23.4 Å². The molecule has 0 aromatic carbocycles. The second kappa shape index (κ2) is 6.07. The van der Waals surface area contributed by atoms with Gasteiger partial charge in [-0.25, -0.2) is 8.42 Å². The number of aromatic nitrogens is 1. The van der Waals surface area contributed by atoms with Crippen LogP contribution in [0.3, 0.4) is 0 Å². The van der Waals surface area contributed by atoms with Gasteiger partial charge < -0.3 is 10.4 Å². The van der Waals surface area contributed by atoms with Gasteiger partial charge in [-0.3, -0.25) is 4.98 Å². The molecule has 0 spiro atoms. The lowest BCUT2D eigenvalue weighted by Gasteiger charge is -2.25. The maximum atomic E-state index is 12.8. The van der Waals surface area contributed by atoms with E-state index in [0.717, 1.165) is 6.42 Å². The maximum absolute atomic E-state index is 12.8. The number of pyridine rings is 1. The third-order valence-electron chi connectivity index (χ3n) is 3.76. The van der Waals surface area contributed by atoms with E-state index in [1.807, 2.05) is 13.8 Å². The molecule has 1 aromatic heterocycles. The van der Waals surface area contributed by atoms with Crippen LogP contribution in [0.25, 0.3) is 0 Å². The Morgan fingerprint density at radius 2 is 2.30 bits per heavy atom. The van der Waals surface area contributed by atoms with E-state index in [1.54, 1.807) is 12.3 Å². The highest BCUT2D eigenvalue weighted by atomic mass is 32.2. The highest BCUT2D eigenvalue weighted by Gasteiger charge is 2.40. The van der Waals surface area contributed by atoms with Crippen LogP contribution >= 0.6 is 0 Å². The highest BCUT2D eigenvalue weighted by molar-refractivity contribution is 7.89. The first kappa shape index (κ1) is 15.2. The van der Waals surface area contributed by atoms with Gasteiger partial charge >= 0.3 is 0 Å². The minimum absolute atomic E-state index is 0.156. The van der Waals surface area contributed by atoms with Crippen molar-refractivity contribution >= 4 is 15.7 Å². The Bertz CT molecular complexity index is 562. The Labute approximate surface area is 119 Å². The Hall–Kier alpha value is -1.18. The molecule has 0 radical (unpaired) electrons. The van der Waals surface area contributed by atoms with Crippen LogP contribution in [0.1, 0.15) is 20.3 Å². The molecule has 0 amide bonds. The molecular formula is C13H21N3O3S. The molecule has 7 heteroatoms. The number of aliphatic hydroxyl groups excluding tert-OH is 1. The summed E-state index contributed by atoms with van der Waals surface area (Å²) >= 11 is 0. The first-order valence-electron chi connectivity index (χ1n) is 6.83. The predicted octanol–water partition coefficient (Wildman–Crippen LogP) is 0.905. The molecule has 1 aromatic rings. The fourth-order valence-corrected chi connectivity index (χ4v) is 4.43. The van der Waals surface area contributed by atoms with Gasteiger partial charge in [0.25, 0.3) is 0 Å². The van der Waals surface area contributed by atoms with Crippen molar-refractivity contribution in [3.8, 4) is 0 Å². The molecule has 0 aliphatic carbocycles. The largest absolute Gasteiger partial charge is 0.395 e. The number of sulfonamides is 1. The van der Waals surface area contributed by atoms with Crippen LogP contribution in [-0.2, 0) is 10.0 Å². The SMILES string of the molecule is CCNc1ccncc1S(=O)(=O)N1CCC(C)C1CO. The lowest BCUT2D eigenvalue weighted by molar-refractivity contribution is 0.191. The standard InChI is InChI=1S/C13H21N3O3S/c1-3-15-11-4-6-14-8-13(11)20(18,19)16-7-5-10(2)12(16)9-17/h4,6,8,10,12,17H,3,5,7,9H2,1-2H3,(H,14,15). The smallest absolute Gasteiger partial charge is 0.247 e. The molecule has 6 nitrogen and oxygen atoms in total. The minimum Gasteiger partial charge on any atom is -0.395 e. The summed E-state index contributed by atoms with van der Waals surface area (Å²) in [7, 11) is -3.64. The lowest BCUT2D eigenvalue weighted by atomic mass is 10.0. The second-order valence-electron chi connectivity index (χ2n) is 5.03. The van der Waals surface area contributed by atoms with E-state index in [4.69, 9.17) is 0 Å². The van der Waals surface area contributed by atoms with E-state index in [1.165, 1.54) is 10.5 Å². The highest BCUT2D eigenvalue weighted by Crippen LogP contribution is 2.32. The summed E-state index contributed by atoms with van der Waals surface area (Å²) in [4.78, 5) is 4.10. The van der Waals surface area contributed by atoms with Crippen LogP contribution in [-0.4, -0.2) is 48.6 Å². The molecular weight excluding hydrogens is 278 g/mol. The van der Waals surface area contributed by atoms with Crippen LogP contribution in [0.5, 0.6) is 0 Å². The van der Waals surface area contributed by atoms with E-state index in [2.05, 4.69) is 10.3 Å². The Balaban J connectivity index is 2.40. The van der Waals surface area contributed by atoms with E-state index >= 15 is 0 Å². The van der Waals surface area contributed by atoms with Crippen molar-refractivity contribution in [3.05, 3.63) is 18.5 Å². The molecule has 2 rings (SSSR count). The molecule has 20 heavy (non-hydrogen) atoms. The quantitative estimate of drug-likeness (QED) is 0.844. The van der Waals surface area contributed by atoms with Gasteiger partial charge in [0.15, 0.2) is 0 Å². The van der Waals surface area contributed by atoms with Crippen LogP contribution < -0.4 is 5.32 Å². The molecule has 112 valence electrons. The second-order valence-corrected chi connectivity index (χ2v) is 6.89. The van der Waals surface area contributed by atoms with Crippen LogP contribution in [0.2, 0.25) is 0 Å². The third kappa shape index (κ3) is 2.65. The van der Waals surface area contributed by atoms with Gasteiger partial charge in [0.05, 0.1) is 18.3 Å². The monoisotopic (exact) mass is 299 g/mol. The van der Waals surface area contributed by atoms with E-state index in [-0.39, 0.29) is 23.5 Å². The summed E-state index contributed by atoms with van der Waals surface area (Å²) in [6, 6.07) is 1.30. The molecule has 0 saturated carbocycles. The zero-order valence-corrected chi connectivity index (χ0v) is 12.6. The summed E-state index contributed by atoms with van der Waals surface area (Å²) in [6.45, 7) is 4.79. The zero-order chi connectivity index (χ0) is 14.8. The summed E-state index contributed by atoms with van der Waals surface area (Å²) < 4.78 is 27.0. The van der Waals surface area contributed by atoms with Crippen LogP contribution in [0.4, 0.5) is 5.69 Å². The number of anilines is 1. The van der Waals surface area contributed by atoms with Crippen molar-refractivity contribution in [3.63, 3.8) is 0 Å². The van der Waals surface area contributed by atoms with E-state index in [0.29, 0.717) is 18.8 Å². The van der Waals surface area contributed by atoms with Gasteiger partial charge in [-0.15, -0.1) is 0 Å². The van der Waals surface area contributed by atoms with Crippen molar-refractivity contribution in [1.29, 1.82) is 0 Å². The van der Waals surface area contributed by atoms with Crippen molar-refractivity contribution in [2.45, 2.75) is 31.2 Å². The topological polar surface area (TPSA) is 82.5 Å². The summed E-state index contributed by atoms with van der Waals surface area (Å²) in [5.74, 6) is 0.161. The molecule has 1 aliphatic heterocycles. The normalized spacial score (nSPS) is 23.9. The number of nitrogens with one attached hydrogen (secondary N) is 1. The number of hydrogen-bond acceptors (Lipinski definition) is 5. The molecule has 0 bridgehead atoms. The minimum atomic E-state index is -3.64. The summed E-state index contributed by atoms with van der Waals surface area (Å²) in [6.07, 6.45) is 3.69. The van der Waals surface area contributed by atoms with E-state index in [9.17, 15) is 13.5 Å². The van der Waals surface area contributed by atoms with Crippen molar-refractivity contribution in [2.24, 2.45) is 5.92 Å². The molecule has 1 saturated heterocycles. The van der Waals surface area contributed by atoms with Gasteiger partial charge in [0.2, 0.25) is 10.0 Å². The summed E-state index contributed by atoms with van der Waals surface area (Å²) in [5, 5.41) is 12.5. The zero-order valence-electron chi connectivity index (χ0n) is 11.8.